The van der Waals surface area contributed by atoms with E-state index in [1.807, 2.05) is 30.3 Å². The molecule has 0 spiro atoms. The number of nitrogens with two attached hydrogens (primary N) is 1. The lowest BCUT2D eigenvalue weighted by atomic mass is 10.0. The van der Waals surface area contributed by atoms with E-state index in [1.165, 1.54) is 17.7 Å². The van der Waals surface area contributed by atoms with Crippen LogP contribution in [0.1, 0.15) is 12.5 Å². The summed E-state index contributed by atoms with van der Waals surface area (Å²) in [6.45, 7) is 3.51. The van der Waals surface area contributed by atoms with Crippen molar-refractivity contribution in [3.63, 3.8) is 0 Å². The molecule has 0 aromatic heterocycles. The fourth-order valence-electron chi connectivity index (χ4n) is 2.49. The fraction of sp³-hybridized carbons (Fsp3) is 0.294. The lowest BCUT2D eigenvalue weighted by Gasteiger charge is -2.32. The first-order valence-corrected chi connectivity index (χ1v) is 7.00. The summed E-state index contributed by atoms with van der Waals surface area (Å²) in [5.74, 6) is -0.211. The quantitative estimate of drug-likeness (QED) is 0.875. The van der Waals surface area contributed by atoms with E-state index in [4.69, 9.17) is 5.73 Å². The molecule has 2 nitrogen and oxygen atoms in total. The highest BCUT2D eigenvalue weighted by molar-refractivity contribution is 5.47. The van der Waals surface area contributed by atoms with E-state index in [1.54, 1.807) is 0 Å². The van der Waals surface area contributed by atoms with Crippen LogP contribution in [0.15, 0.2) is 54.6 Å². The second kappa shape index (κ2) is 7.06. The zero-order valence-electron chi connectivity index (χ0n) is 11.8. The molecule has 0 saturated heterocycles. The Labute approximate surface area is 120 Å². The molecule has 1 atom stereocenters. The van der Waals surface area contributed by atoms with Crippen molar-refractivity contribution in [1.29, 1.82) is 0 Å². The van der Waals surface area contributed by atoms with Crippen molar-refractivity contribution < 1.29 is 4.39 Å². The molecule has 20 heavy (non-hydrogen) atoms. The fourth-order valence-corrected chi connectivity index (χ4v) is 2.49. The minimum Gasteiger partial charge on any atom is -0.367 e. The van der Waals surface area contributed by atoms with Gasteiger partial charge >= 0.3 is 0 Å². The summed E-state index contributed by atoms with van der Waals surface area (Å²) in [6.07, 6.45) is 0.891. The van der Waals surface area contributed by atoms with Gasteiger partial charge in [-0.25, -0.2) is 4.39 Å². The van der Waals surface area contributed by atoms with Crippen LogP contribution in [0.25, 0.3) is 0 Å². The van der Waals surface area contributed by atoms with E-state index in [-0.39, 0.29) is 11.9 Å². The predicted molar refractivity (Wildman–Crippen MR) is 82.4 cm³/mol. The molecule has 0 radical (unpaired) electrons. The van der Waals surface area contributed by atoms with Gasteiger partial charge in [-0.05, 0) is 43.2 Å². The largest absolute Gasteiger partial charge is 0.367 e. The van der Waals surface area contributed by atoms with Crippen molar-refractivity contribution in [3.8, 4) is 0 Å². The smallest absolute Gasteiger partial charge is 0.123 e. The maximum atomic E-state index is 13.0. The normalized spacial score (nSPS) is 12.2. The van der Waals surface area contributed by atoms with Gasteiger partial charge in [0, 0.05) is 24.8 Å². The van der Waals surface area contributed by atoms with Crippen LogP contribution in [0.3, 0.4) is 0 Å². The van der Waals surface area contributed by atoms with Crippen molar-refractivity contribution in [3.05, 3.63) is 66.0 Å². The number of halogens is 1. The predicted octanol–water partition coefficient (Wildman–Crippen LogP) is 3.22. The highest BCUT2D eigenvalue weighted by Gasteiger charge is 2.16. The van der Waals surface area contributed by atoms with Gasteiger partial charge in [0.25, 0.3) is 0 Å². The number of likely N-dealkylation sites (N-methyl/N-ethyl adjacent to an activating group) is 1. The Morgan fingerprint density at radius 1 is 1.05 bits per heavy atom. The summed E-state index contributed by atoms with van der Waals surface area (Å²) in [6, 6.07) is 17.1. The van der Waals surface area contributed by atoms with Crippen LogP contribution in [0.4, 0.5) is 10.1 Å². The molecule has 0 aliphatic heterocycles. The van der Waals surface area contributed by atoms with Gasteiger partial charge < -0.3 is 10.6 Å². The lowest BCUT2D eigenvalue weighted by molar-refractivity contribution is 0.601. The molecule has 106 valence electrons. The molecule has 2 aromatic carbocycles. The molecule has 0 heterocycles. The van der Waals surface area contributed by atoms with E-state index in [0.717, 1.165) is 18.7 Å². The first-order valence-electron chi connectivity index (χ1n) is 7.00. The molecule has 0 bridgehead atoms. The number of rotatable bonds is 6. The van der Waals surface area contributed by atoms with Crippen molar-refractivity contribution >= 4 is 5.69 Å². The van der Waals surface area contributed by atoms with Gasteiger partial charge in [0.2, 0.25) is 0 Å². The maximum absolute atomic E-state index is 13.0. The monoisotopic (exact) mass is 272 g/mol. The minimum absolute atomic E-state index is 0.211. The van der Waals surface area contributed by atoms with Crippen LogP contribution in [0, 0.1) is 5.82 Å². The Hall–Kier alpha value is -1.87. The Bertz CT molecular complexity index is 510. The average molecular weight is 272 g/mol. The molecular formula is C17H21FN2. The van der Waals surface area contributed by atoms with Crippen LogP contribution in [0.5, 0.6) is 0 Å². The first kappa shape index (κ1) is 14.5. The molecule has 0 saturated carbocycles. The van der Waals surface area contributed by atoms with Crippen LogP contribution in [-0.4, -0.2) is 19.1 Å². The van der Waals surface area contributed by atoms with Crippen LogP contribution in [0.2, 0.25) is 0 Å². The highest BCUT2D eigenvalue weighted by atomic mass is 19.1. The van der Waals surface area contributed by atoms with E-state index < -0.39 is 0 Å². The van der Waals surface area contributed by atoms with Crippen LogP contribution >= 0.6 is 0 Å². The number of hydrogen-bond acceptors (Lipinski definition) is 2. The highest BCUT2D eigenvalue weighted by Crippen LogP contribution is 2.19. The minimum atomic E-state index is -0.211. The van der Waals surface area contributed by atoms with Crippen LogP contribution < -0.4 is 10.6 Å². The Morgan fingerprint density at radius 3 is 2.25 bits per heavy atom. The third kappa shape index (κ3) is 3.58. The van der Waals surface area contributed by atoms with Crippen molar-refractivity contribution in [1.82, 2.24) is 0 Å². The van der Waals surface area contributed by atoms with Crippen LogP contribution in [-0.2, 0) is 6.42 Å². The number of nitrogens with zero attached hydrogens (tertiary/aromatic N) is 1. The van der Waals surface area contributed by atoms with Gasteiger partial charge in [-0.1, -0.05) is 30.3 Å². The zero-order chi connectivity index (χ0) is 14.4. The molecule has 2 rings (SSSR count). The van der Waals surface area contributed by atoms with E-state index in [9.17, 15) is 4.39 Å². The third-order valence-electron chi connectivity index (χ3n) is 3.53. The molecule has 2 N–H and O–H groups in total. The molecule has 0 aliphatic carbocycles. The summed E-state index contributed by atoms with van der Waals surface area (Å²) in [5.41, 5.74) is 8.23. The van der Waals surface area contributed by atoms with Crippen molar-refractivity contribution in [2.45, 2.75) is 19.4 Å². The molecular weight excluding hydrogens is 251 g/mol. The molecule has 0 aliphatic rings. The SMILES string of the molecule is CCN(c1ccc(F)cc1)C(CN)Cc1ccccc1. The van der Waals surface area contributed by atoms with Crippen molar-refractivity contribution in [2.75, 3.05) is 18.0 Å². The Kier molecular flexibility index (Phi) is 5.13. The number of hydrogen-bond donors (Lipinski definition) is 1. The number of anilines is 1. The van der Waals surface area contributed by atoms with Gasteiger partial charge in [-0.2, -0.15) is 0 Å². The summed E-state index contributed by atoms with van der Waals surface area (Å²) < 4.78 is 13.0. The standard InChI is InChI=1S/C17H21FN2/c1-2-20(16-10-8-15(18)9-11-16)17(13-19)12-14-6-4-3-5-7-14/h3-11,17H,2,12-13,19H2,1H3. The molecule has 0 amide bonds. The summed E-state index contributed by atoms with van der Waals surface area (Å²) in [7, 11) is 0. The number of benzene rings is 2. The van der Waals surface area contributed by atoms with Gasteiger partial charge in [-0.15, -0.1) is 0 Å². The van der Waals surface area contributed by atoms with E-state index >= 15 is 0 Å². The van der Waals surface area contributed by atoms with Gasteiger partial charge in [0.15, 0.2) is 0 Å². The zero-order valence-corrected chi connectivity index (χ0v) is 11.8. The van der Waals surface area contributed by atoms with Gasteiger partial charge in [0.1, 0.15) is 5.82 Å². The lowest BCUT2D eigenvalue weighted by Crippen LogP contribution is -2.42. The molecule has 1 unspecified atom stereocenters. The maximum Gasteiger partial charge on any atom is 0.123 e. The second-order valence-corrected chi connectivity index (χ2v) is 4.84. The molecule has 2 aromatic rings. The molecule has 0 fully saturated rings. The summed E-state index contributed by atoms with van der Waals surface area (Å²) >= 11 is 0. The third-order valence-corrected chi connectivity index (χ3v) is 3.53. The summed E-state index contributed by atoms with van der Waals surface area (Å²) in [5, 5.41) is 0. The van der Waals surface area contributed by atoms with E-state index in [2.05, 4.69) is 24.0 Å². The van der Waals surface area contributed by atoms with E-state index in [0.29, 0.717) is 6.54 Å². The average Bonchev–Trinajstić information content (AvgIpc) is 2.49. The van der Waals surface area contributed by atoms with Gasteiger partial charge in [0.05, 0.1) is 0 Å². The van der Waals surface area contributed by atoms with Crippen molar-refractivity contribution in [2.24, 2.45) is 5.73 Å². The topological polar surface area (TPSA) is 29.3 Å². The second-order valence-electron chi connectivity index (χ2n) is 4.84. The first-order chi connectivity index (χ1) is 9.74. The molecule has 3 heteroatoms. The Balaban J connectivity index is 2.17. The summed E-state index contributed by atoms with van der Waals surface area (Å²) in [4.78, 5) is 2.23. The Morgan fingerprint density at radius 2 is 1.70 bits per heavy atom. The van der Waals surface area contributed by atoms with Gasteiger partial charge in [-0.3, -0.25) is 0 Å².